The first-order chi connectivity index (χ1) is 7.75. The summed E-state index contributed by atoms with van der Waals surface area (Å²) in [6.07, 6.45) is 0. The fourth-order valence-electron chi connectivity index (χ4n) is 1.48. The van der Waals surface area contributed by atoms with Gasteiger partial charge in [-0.15, -0.1) is 0 Å². The van der Waals surface area contributed by atoms with Gasteiger partial charge in [0, 0.05) is 0 Å². The maximum Gasteiger partial charge on any atom is -0.0181 e. The van der Waals surface area contributed by atoms with Gasteiger partial charge in [-0.05, 0) is 24.6 Å². The fourth-order valence-corrected chi connectivity index (χ4v) is 1.48. The molecule has 0 saturated carbocycles. The summed E-state index contributed by atoms with van der Waals surface area (Å²) < 4.78 is 0. The lowest BCUT2D eigenvalue weighted by Crippen LogP contribution is -1.76. The summed E-state index contributed by atoms with van der Waals surface area (Å²) in [6, 6.07) is 13.1. The minimum atomic E-state index is 1.33. The van der Waals surface area contributed by atoms with Crippen LogP contribution in [0.2, 0.25) is 0 Å². The van der Waals surface area contributed by atoms with E-state index in [4.69, 9.17) is 0 Å². The summed E-state index contributed by atoms with van der Waals surface area (Å²) in [6.45, 7) is 12.2. The van der Waals surface area contributed by atoms with Crippen molar-refractivity contribution < 1.29 is 0 Å². The summed E-state index contributed by atoms with van der Waals surface area (Å²) in [5.41, 5.74) is 2.65. The van der Waals surface area contributed by atoms with Crippen LogP contribution in [-0.2, 0) is 0 Å². The smallest absolute Gasteiger partial charge is 0.0181 e. The Morgan fingerprint density at radius 1 is 0.562 bits per heavy atom. The van der Waals surface area contributed by atoms with Crippen molar-refractivity contribution in [2.75, 3.05) is 0 Å². The first kappa shape index (κ1) is 14.7. The molecule has 0 spiro atoms. The molecule has 0 aliphatic carbocycles. The second kappa shape index (κ2) is 7.92. The molecule has 0 N–H and O–H groups in total. The van der Waals surface area contributed by atoms with Crippen molar-refractivity contribution in [1.82, 2.24) is 0 Å². The van der Waals surface area contributed by atoms with Crippen LogP contribution in [0.15, 0.2) is 36.4 Å². The zero-order valence-corrected chi connectivity index (χ0v) is 11.5. The summed E-state index contributed by atoms with van der Waals surface area (Å²) >= 11 is 0. The molecule has 0 saturated heterocycles. The highest BCUT2D eigenvalue weighted by Gasteiger charge is 1.92. The van der Waals surface area contributed by atoms with Crippen LogP contribution in [0.25, 0.3) is 10.8 Å². The molecular formula is C16H24. The predicted octanol–water partition coefficient (Wildman–Crippen LogP) is 5.51. The number of hydrogen-bond donors (Lipinski definition) is 0. The highest BCUT2D eigenvalue weighted by Crippen LogP contribution is 2.16. The van der Waals surface area contributed by atoms with Crippen LogP contribution >= 0.6 is 0 Å². The first-order valence-electron chi connectivity index (χ1n) is 6.23. The van der Waals surface area contributed by atoms with Gasteiger partial charge in [-0.1, -0.05) is 75.2 Å². The summed E-state index contributed by atoms with van der Waals surface area (Å²) in [5.74, 6) is 0. The lowest BCUT2D eigenvalue weighted by Gasteiger charge is -1.99. The molecule has 0 aromatic heterocycles. The molecule has 0 radical (unpaired) electrons. The van der Waals surface area contributed by atoms with Crippen molar-refractivity contribution in [3.05, 3.63) is 47.5 Å². The van der Waals surface area contributed by atoms with E-state index < -0.39 is 0 Å². The highest BCUT2D eigenvalue weighted by atomic mass is 14.0. The van der Waals surface area contributed by atoms with Crippen LogP contribution in [0, 0.1) is 13.8 Å². The van der Waals surface area contributed by atoms with Crippen molar-refractivity contribution in [2.24, 2.45) is 0 Å². The van der Waals surface area contributed by atoms with E-state index in [-0.39, 0.29) is 0 Å². The van der Waals surface area contributed by atoms with Gasteiger partial charge in [-0.3, -0.25) is 0 Å². The zero-order chi connectivity index (χ0) is 12.6. The normalized spacial score (nSPS) is 8.62. The Bertz CT molecular complexity index is 372. The van der Waals surface area contributed by atoms with E-state index in [1.807, 2.05) is 27.7 Å². The molecule has 2 rings (SSSR count). The van der Waals surface area contributed by atoms with E-state index >= 15 is 0 Å². The topological polar surface area (TPSA) is 0 Å². The van der Waals surface area contributed by atoms with Crippen LogP contribution in [0.3, 0.4) is 0 Å². The SMILES string of the molecule is CC.CC.Cc1ccc2cc(C)ccc2c1. The molecule has 0 bridgehead atoms. The molecule has 0 amide bonds. The second-order valence-corrected chi connectivity index (χ2v) is 3.35. The molecule has 2 aromatic carbocycles. The molecule has 0 heteroatoms. The van der Waals surface area contributed by atoms with Crippen LogP contribution in [0.4, 0.5) is 0 Å². The van der Waals surface area contributed by atoms with Gasteiger partial charge in [-0.2, -0.15) is 0 Å². The highest BCUT2D eigenvalue weighted by molar-refractivity contribution is 5.83. The molecule has 0 unspecified atom stereocenters. The van der Waals surface area contributed by atoms with Crippen LogP contribution in [0.1, 0.15) is 38.8 Å². The van der Waals surface area contributed by atoms with Crippen LogP contribution in [0.5, 0.6) is 0 Å². The quantitative estimate of drug-likeness (QED) is 0.544. The van der Waals surface area contributed by atoms with Gasteiger partial charge in [0.2, 0.25) is 0 Å². The second-order valence-electron chi connectivity index (χ2n) is 3.35. The van der Waals surface area contributed by atoms with E-state index in [9.17, 15) is 0 Å². The standard InChI is InChI=1S/C12H12.2C2H6/c1-9-3-5-12-8-10(2)4-6-11(12)7-9;2*1-2/h3-8H,1-2H3;2*1-2H3. The van der Waals surface area contributed by atoms with Gasteiger partial charge in [0.25, 0.3) is 0 Å². The van der Waals surface area contributed by atoms with Gasteiger partial charge >= 0.3 is 0 Å². The predicted molar refractivity (Wildman–Crippen MR) is 76.1 cm³/mol. The van der Waals surface area contributed by atoms with Crippen LogP contribution in [-0.4, -0.2) is 0 Å². The summed E-state index contributed by atoms with van der Waals surface area (Å²) in [7, 11) is 0. The minimum absolute atomic E-state index is 1.33. The Hall–Kier alpha value is -1.30. The van der Waals surface area contributed by atoms with E-state index in [1.54, 1.807) is 0 Å². The molecule has 2 aromatic rings. The van der Waals surface area contributed by atoms with E-state index in [2.05, 4.69) is 50.2 Å². The Kier molecular flexibility index (Phi) is 7.28. The summed E-state index contributed by atoms with van der Waals surface area (Å²) in [4.78, 5) is 0. The first-order valence-corrected chi connectivity index (χ1v) is 6.23. The van der Waals surface area contributed by atoms with Crippen LogP contribution < -0.4 is 0 Å². The van der Waals surface area contributed by atoms with Gasteiger partial charge in [0.15, 0.2) is 0 Å². The average molecular weight is 216 g/mol. The Morgan fingerprint density at radius 3 is 1.19 bits per heavy atom. The number of fused-ring (bicyclic) bond motifs is 1. The number of benzene rings is 2. The average Bonchev–Trinajstić information content (AvgIpc) is 2.35. The molecule has 0 nitrogen and oxygen atoms in total. The molecular weight excluding hydrogens is 192 g/mol. The third-order valence-electron chi connectivity index (χ3n) is 2.15. The lowest BCUT2D eigenvalue weighted by molar-refractivity contribution is 1.47. The van der Waals surface area contributed by atoms with Crippen molar-refractivity contribution in [3.63, 3.8) is 0 Å². The fraction of sp³-hybridized carbons (Fsp3) is 0.375. The van der Waals surface area contributed by atoms with E-state index in [0.717, 1.165) is 0 Å². The third-order valence-corrected chi connectivity index (χ3v) is 2.15. The van der Waals surface area contributed by atoms with Gasteiger partial charge in [-0.25, -0.2) is 0 Å². The van der Waals surface area contributed by atoms with E-state index in [0.29, 0.717) is 0 Å². The molecule has 0 aliphatic rings. The number of hydrogen-bond acceptors (Lipinski definition) is 0. The van der Waals surface area contributed by atoms with Gasteiger partial charge in [0.1, 0.15) is 0 Å². The molecule has 0 heterocycles. The Morgan fingerprint density at radius 2 is 0.875 bits per heavy atom. The Labute approximate surface area is 100 Å². The lowest BCUT2D eigenvalue weighted by atomic mass is 10.1. The van der Waals surface area contributed by atoms with E-state index in [1.165, 1.54) is 21.9 Å². The van der Waals surface area contributed by atoms with Crippen molar-refractivity contribution >= 4 is 10.8 Å². The van der Waals surface area contributed by atoms with Gasteiger partial charge < -0.3 is 0 Å². The third kappa shape index (κ3) is 4.06. The van der Waals surface area contributed by atoms with Crippen molar-refractivity contribution in [3.8, 4) is 0 Å². The van der Waals surface area contributed by atoms with Crippen molar-refractivity contribution in [2.45, 2.75) is 41.5 Å². The zero-order valence-electron chi connectivity index (χ0n) is 11.5. The largest absolute Gasteiger partial charge is 0.0683 e. The minimum Gasteiger partial charge on any atom is -0.0683 e. The van der Waals surface area contributed by atoms with Crippen molar-refractivity contribution in [1.29, 1.82) is 0 Å². The Balaban J connectivity index is 0.000000509. The maximum absolute atomic E-state index is 2.22. The maximum atomic E-state index is 2.22. The number of rotatable bonds is 0. The molecule has 0 fully saturated rings. The molecule has 16 heavy (non-hydrogen) atoms. The van der Waals surface area contributed by atoms with Gasteiger partial charge in [0.05, 0.1) is 0 Å². The summed E-state index contributed by atoms with van der Waals surface area (Å²) in [5, 5.41) is 2.67. The molecule has 88 valence electrons. The number of aryl methyl sites for hydroxylation is 2. The molecule has 0 aliphatic heterocycles. The molecule has 0 atom stereocenters. The monoisotopic (exact) mass is 216 g/mol.